The Bertz CT molecular complexity index is 723. The lowest BCUT2D eigenvalue weighted by Crippen LogP contribution is -2.42. The molecule has 0 radical (unpaired) electrons. The van der Waals surface area contributed by atoms with Crippen molar-refractivity contribution in [1.29, 1.82) is 5.26 Å². The van der Waals surface area contributed by atoms with Gasteiger partial charge in [-0.1, -0.05) is 44.7 Å². The normalized spacial score (nSPS) is 21.4. The number of benzene rings is 1. The average molecular weight is 402 g/mol. The van der Waals surface area contributed by atoms with Gasteiger partial charge >= 0.3 is 0 Å². The molecule has 1 aromatic carbocycles. The molecule has 2 atom stereocenters. The molecule has 0 N–H and O–H groups in total. The highest BCUT2D eigenvalue weighted by Gasteiger charge is 2.33. The molecule has 1 unspecified atom stereocenters. The minimum absolute atomic E-state index is 0.0925. The van der Waals surface area contributed by atoms with Crippen LogP contribution in [0.3, 0.4) is 0 Å². The Balaban J connectivity index is 1.79. The van der Waals surface area contributed by atoms with Crippen LogP contribution in [0.1, 0.15) is 64.4 Å². The Morgan fingerprint density at radius 2 is 2.07 bits per heavy atom. The minimum Gasteiger partial charge on any atom is -0.366 e. The first-order valence-electron chi connectivity index (χ1n) is 10.8. The second kappa shape index (κ2) is 9.65. The van der Waals surface area contributed by atoms with Crippen molar-refractivity contribution < 1.29 is 4.79 Å². The van der Waals surface area contributed by atoms with Crippen molar-refractivity contribution in [3.8, 4) is 6.07 Å². The molecule has 1 saturated heterocycles. The summed E-state index contributed by atoms with van der Waals surface area (Å²) in [6, 6.07) is 8.24. The summed E-state index contributed by atoms with van der Waals surface area (Å²) in [7, 11) is 0. The van der Waals surface area contributed by atoms with Crippen LogP contribution in [0.4, 0.5) is 5.69 Å². The second-order valence-electron chi connectivity index (χ2n) is 8.47. The van der Waals surface area contributed by atoms with Gasteiger partial charge in [-0.05, 0) is 49.8 Å². The van der Waals surface area contributed by atoms with Crippen LogP contribution < -0.4 is 4.90 Å². The summed E-state index contributed by atoms with van der Waals surface area (Å²) in [6.45, 7) is 6.73. The largest absolute Gasteiger partial charge is 0.366 e. The third-order valence-corrected chi connectivity index (χ3v) is 6.85. The van der Waals surface area contributed by atoms with Crippen LogP contribution in [0.5, 0.6) is 0 Å². The summed E-state index contributed by atoms with van der Waals surface area (Å²) in [5.74, 6) is 1.07. The van der Waals surface area contributed by atoms with Crippen LogP contribution in [0.25, 0.3) is 0 Å². The molecule has 1 amide bonds. The molecular weight excluding hydrogens is 370 g/mol. The number of hydrogen-bond acceptors (Lipinski definition) is 3. The van der Waals surface area contributed by atoms with Crippen LogP contribution in [0, 0.1) is 23.2 Å². The van der Waals surface area contributed by atoms with Crippen LogP contribution in [0.15, 0.2) is 18.2 Å². The molecule has 3 rings (SSSR count). The number of anilines is 1. The van der Waals surface area contributed by atoms with Crippen molar-refractivity contribution in [2.45, 2.75) is 64.8 Å². The second-order valence-corrected chi connectivity index (χ2v) is 8.88. The standard InChI is InChI=1S/C23H32ClN3O/c1-3-17(2)23(28)26-12-11-21(16-26)27(15-18-7-5-4-6-8-18)20-10-9-19(14-25)22(24)13-20/h9-10,13,17-18,21H,3-8,11-12,15-16H2,1-2H3/t17?,21-/m0/s1. The van der Waals surface area contributed by atoms with Crippen molar-refractivity contribution in [3.05, 3.63) is 28.8 Å². The summed E-state index contributed by atoms with van der Waals surface area (Å²) in [4.78, 5) is 17.2. The van der Waals surface area contributed by atoms with E-state index in [9.17, 15) is 10.1 Å². The van der Waals surface area contributed by atoms with E-state index in [-0.39, 0.29) is 11.8 Å². The van der Waals surface area contributed by atoms with E-state index in [0.717, 1.165) is 38.2 Å². The Labute approximate surface area is 174 Å². The van der Waals surface area contributed by atoms with E-state index in [0.29, 0.717) is 22.5 Å². The first-order valence-corrected chi connectivity index (χ1v) is 11.2. The molecular formula is C23H32ClN3O. The van der Waals surface area contributed by atoms with Gasteiger partial charge in [0.25, 0.3) is 0 Å². The quantitative estimate of drug-likeness (QED) is 0.654. The zero-order chi connectivity index (χ0) is 20.1. The van der Waals surface area contributed by atoms with E-state index in [1.165, 1.54) is 32.1 Å². The van der Waals surface area contributed by atoms with Gasteiger partial charge in [0.15, 0.2) is 0 Å². The molecule has 152 valence electrons. The van der Waals surface area contributed by atoms with Gasteiger partial charge in [0, 0.05) is 37.3 Å². The molecule has 1 heterocycles. The number of likely N-dealkylation sites (tertiary alicyclic amines) is 1. The van der Waals surface area contributed by atoms with Crippen molar-refractivity contribution >= 4 is 23.2 Å². The summed E-state index contributed by atoms with van der Waals surface area (Å²) in [5.41, 5.74) is 1.60. The van der Waals surface area contributed by atoms with Gasteiger partial charge in [-0.2, -0.15) is 5.26 Å². The number of nitrogens with zero attached hydrogens (tertiary/aromatic N) is 3. The molecule has 4 nitrogen and oxygen atoms in total. The highest BCUT2D eigenvalue weighted by atomic mass is 35.5. The highest BCUT2D eigenvalue weighted by molar-refractivity contribution is 6.32. The van der Waals surface area contributed by atoms with Crippen LogP contribution in [-0.4, -0.2) is 36.5 Å². The van der Waals surface area contributed by atoms with E-state index < -0.39 is 0 Å². The van der Waals surface area contributed by atoms with Crippen molar-refractivity contribution in [2.75, 3.05) is 24.5 Å². The fourth-order valence-corrected chi connectivity index (χ4v) is 4.79. The fourth-order valence-electron chi connectivity index (χ4n) is 4.57. The number of carbonyl (C=O) groups is 1. The van der Waals surface area contributed by atoms with E-state index in [1.54, 1.807) is 0 Å². The van der Waals surface area contributed by atoms with Crippen molar-refractivity contribution in [1.82, 2.24) is 4.90 Å². The lowest BCUT2D eigenvalue weighted by molar-refractivity contribution is -0.134. The molecule has 2 fully saturated rings. The molecule has 28 heavy (non-hydrogen) atoms. The third-order valence-electron chi connectivity index (χ3n) is 6.53. The third kappa shape index (κ3) is 4.81. The van der Waals surface area contributed by atoms with E-state index in [4.69, 9.17) is 11.6 Å². The predicted octanol–water partition coefficient (Wildman–Crippen LogP) is 5.25. The molecule has 5 heteroatoms. The maximum atomic E-state index is 12.7. The predicted molar refractivity (Wildman–Crippen MR) is 115 cm³/mol. The average Bonchev–Trinajstić information content (AvgIpc) is 3.21. The van der Waals surface area contributed by atoms with E-state index in [2.05, 4.69) is 17.9 Å². The van der Waals surface area contributed by atoms with Gasteiger partial charge in [-0.25, -0.2) is 0 Å². The lowest BCUT2D eigenvalue weighted by atomic mass is 9.88. The number of rotatable bonds is 6. The van der Waals surface area contributed by atoms with Crippen molar-refractivity contribution in [2.24, 2.45) is 11.8 Å². The minimum atomic E-state index is 0.0925. The molecule has 1 aliphatic heterocycles. The van der Waals surface area contributed by atoms with Gasteiger partial charge in [-0.3, -0.25) is 4.79 Å². The van der Waals surface area contributed by atoms with Crippen LogP contribution in [-0.2, 0) is 4.79 Å². The Hall–Kier alpha value is -1.73. The number of hydrogen-bond donors (Lipinski definition) is 0. The first kappa shape index (κ1) is 21.0. The maximum absolute atomic E-state index is 12.7. The SMILES string of the molecule is CCC(C)C(=O)N1CC[C@H](N(CC2CCCCC2)c2ccc(C#N)c(Cl)c2)C1. The number of carbonyl (C=O) groups excluding carboxylic acids is 1. The maximum Gasteiger partial charge on any atom is 0.225 e. The van der Waals surface area contributed by atoms with Crippen molar-refractivity contribution in [3.63, 3.8) is 0 Å². The smallest absolute Gasteiger partial charge is 0.225 e. The summed E-state index contributed by atoms with van der Waals surface area (Å²) >= 11 is 6.35. The molecule has 0 bridgehead atoms. The van der Waals surface area contributed by atoms with E-state index in [1.807, 2.05) is 30.0 Å². The van der Waals surface area contributed by atoms with Gasteiger partial charge in [-0.15, -0.1) is 0 Å². The fraction of sp³-hybridized carbons (Fsp3) is 0.652. The zero-order valence-corrected chi connectivity index (χ0v) is 17.9. The molecule has 0 aromatic heterocycles. The molecule has 1 saturated carbocycles. The topological polar surface area (TPSA) is 47.3 Å². The van der Waals surface area contributed by atoms with Gasteiger partial charge < -0.3 is 9.80 Å². The number of halogens is 1. The van der Waals surface area contributed by atoms with Gasteiger partial charge in [0.1, 0.15) is 6.07 Å². The summed E-state index contributed by atoms with van der Waals surface area (Å²) in [5, 5.41) is 9.71. The summed E-state index contributed by atoms with van der Waals surface area (Å²) < 4.78 is 0. The monoisotopic (exact) mass is 401 g/mol. The van der Waals surface area contributed by atoms with Gasteiger partial charge in [0.2, 0.25) is 5.91 Å². The Kier molecular flexibility index (Phi) is 7.24. The first-order chi connectivity index (χ1) is 13.5. The Morgan fingerprint density at radius 3 is 2.71 bits per heavy atom. The molecule has 1 aromatic rings. The van der Waals surface area contributed by atoms with Crippen LogP contribution in [0.2, 0.25) is 5.02 Å². The van der Waals surface area contributed by atoms with Crippen LogP contribution >= 0.6 is 11.6 Å². The lowest BCUT2D eigenvalue weighted by Gasteiger charge is -2.36. The summed E-state index contributed by atoms with van der Waals surface area (Å²) in [6.07, 6.45) is 8.42. The highest BCUT2D eigenvalue weighted by Crippen LogP contribution is 2.32. The van der Waals surface area contributed by atoms with E-state index >= 15 is 0 Å². The molecule has 2 aliphatic rings. The van der Waals surface area contributed by atoms with Gasteiger partial charge in [0.05, 0.1) is 10.6 Å². The zero-order valence-electron chi connectivity index (χ0n) is 17.2. The molecule has 0 spiro atoms. The Morgan fingerprint density at radius 1 is 1.32 bits per heavy atom. The molecule has 1 aliphatic carbocycles. The number of amides is 1. The number of nitriles is 1.